The molecular formula is C19H21ClN2O3S. The molecule has 2 aromatic carbocycles. The Morgan fingerprint density at radius 3 is 2.35 bits per heavy atom. The average Bonchev–Trinajstić information content (AvgIpc) is 2.64. The van der Waals surface area contributed by atoms with E-state index >= 15 is 0 Å². The first kappa shape index (κ1) is 18.7. The number of nitrogens with zero attached hydrogens (tertiary/aromatic N) is 1. The third kappa shape index (κ3) is 4.77. The summed E-state index contributed by atoms with van der Waals surface area (Å²) in [6, 6.07) is 13.4. The smallest absolute Gasteiger partial charge is 0.255 e. The van der Waals surface area contributed by atoms with Crippen LogP contribution in [0, 0.1) is 0 Å². The standard InChI is InChI=1S/C19H21ClN2O3S/c20-16-10-8-15(9-11-16)14-26(24,25)21-18-7-3-2-6-17(18)19(23)22-12-4-1-5-13-22/h2-3,6-11,21H,1,4-5,12-14H2. The molecule has 2 aromatic rings. The van der Waals surface area contributed by atoms with Crippen LogP contribution in [0.3, 0.4) is 0 Å². The minimum absolute atomic E-state index is 0.130. The summed E-state index contributed by atoms with van der Waals surface area (Å²) in [6.45, 7) is 1.43. The molecule has 26 heavy (non-hydrogen) atoms. The second-order valence-electron chi connectivity index (χ2n) is 6.39. The number of rotatable bonds is 5. The average molecular weight is 393 g/mol. The lowest BCUT2D eigenvalue weighted by atomic mass is 10.1. The minimum Gasteiger partial charge on any atom is -0.339 e. The van der Waals surface area contributed by atoms with Gasteiger partial charge in [0.05, 0.1) is 17.0 Å². The number of amides is 1. The first-order valence-electron chi connectivity index (χ1n) is 8.58. The summed E-state index contributed by atoms with van der Waals surface area (Å²) >= 11 is 5.83. The van der Waals surface area contributed by atoms with Crippen LogP contribution in [-0.4, -0.2) is 32.3 Å². The van der Waals surface area contributed by atoms with Crippen molar-refractivity contribution in [2.45, 2.75) is 25.0 Å². The molecule has 1 saturated heterocycles. The Balaban J connectivity index is 1.78. The van der Waals surface area contributed by atoms with Gasteiger partial charge in [-0.05, 0) is 49.1 Å². The first-order chi connectivity index (χ1) is 12.4. The molecule has 5 nitrogen and oxygen atoms in total. The predicted octanol–water partition coefficient (Wildman–Crippen LogP) is 3.91. The summed E-state index contributed by atoms with van der Waals surface area (Å²) < 4.78 is 27.6. The zero-order valence-electron chi connectivity index (χ0n) is 14.3. The number of sulfonamides is 1. The molecule has 1 heterocycles. The lowest BCUT2D eigenvalue weighted by Crippen LogP contribution is -2.36. The number of nitrogens with one attached hydrogen (secondary N) is 1. The van der Waals surface area contributed by atoms with Crippen molar-refractivity contribution in [2.75, 3.05) is 17.8 Å². The lowest BCUT2D eigenvalue weighted by molar-refractivity contribution is 0.0725. The van der Waals surface area contributed by atoms with E-state index < -0.39 is 10.0 Å². The van der Waals surface area contributed by atoms with Crippen molar-refractivity contribution in [3.05, 3.63) is 64.7 Å². The molecular weight excluding hydrogens is 372 g/mol. The molecule has 0 aliphatic carbocycles. The van der Waals surface area contributed by atoms with E-state index in [0.717, 1.165) is 19.3 Å². The molecule has 1 N–H and O–H groups in total. The Labute approximate surface area is 159 Å². The molecule has 0 spiro atoms. The van der Waals surface area contributed by atoms with Crippen molar-refractivity contribution in [2.24, 2.45) is 0 Å². The van der Waals surface area contributed by atoms with Crippen molar-refractivity contribution < 1.29 is 13.2 Å². The Morgan fingerprint density at radius 2 is 1.65 bits per heavy atom. The zero-order chi connectivity index (χ0) is 18.6. The SMILES string of the molecule is O=C(c1ccccc1NS(=O)(=O)Cc1ccc(Cl)cc1)N1CCCCC1. The number of piperidine rings is 1. The quantitative estimate of drug-likeness (QED) is 0.838. The van der Waals surface area contributed by atoms with Gasteiger partial charge in [-0.15, -0.1) is 0 Å². The van der Waals surface area contributed by atoms with Crippen LogP contribution < -0.4 is 4.72 Å². The molecule has 138 valence electrons. The van der Waals surface area contributed by atoms with Gasteiger partial charge < -0.3 is 4.90 Å². The molecule has 0 bridgehead atoms. The second-order valence-corrected chi connectivity index (χ2v) is 8.54. The molecule has 0 unspecified atom stereocenters. The lowest BCUT2D eigenvalue weighted by Gasteiger charge is -2.27. The Hall–Kier alpha value is -2.05. The third-order valence-electron chi connectivity index (χ3n) is 4.34. The molecule has 3 rings (SSSR count). The molecule has 0 radical (unpaired) electrons. The number of carbonyl (C=O) groups is 1. The molecule has 1 amide bonds. The van der Waals surface area contributed by atoms with Gasteiger partial charge in [0, 0.05) is 18.1 Å². The number of carbonyl (C=O) groups excluding carboxylic acids is 1. The number of anilines is 1. The summed E-state index contributed by atoms with van der Waals surface area (Å²) in [5, 5.41) is 0.552. The maximum Gasteiger partial charge on any atom is 0.255 e. The maximum absolute atomic E-state index is 12.8. The van der Waals surface area contributed by atoms with E-state index in [1.165, 1.54) is 0 Å². The van der Waals surface area contributed by atoms with Crippen LogP contribution in [0.5, 0.6) is 0 Å². The summed E-state index contributed by atoms with van der Waals surface area (Å²) in [5.41, 5.74) is 1.33. The van der Waals surface area contributed by atoms with Gasteiger partial charge in [0.2, 0.25) is 10.0 Å². The fourth-order valence-corrected chi connectivity index (χ4v) is 4.37. The van der Waals surface area contributed by atoms with E-state index in [-0.39, 0.29) is 11.7 Å². The number of para-hydroxylation sites is 1. The largest absolute Gasteiger partial charge is 0.339 e. The summed E-state index contributed by atoms with van der Waals surface area (Å²) in [5.74, 6) is -0.314. The van der Waals surface area contributed by atoms with E-state index in [2.05, 4.69) is 4.72 Å². The Morgan fingerprint density at radius 1 is 1.00 bits per heavy atom. The van der Waals surface area contributed by atoms with Crippen LogP contribution >= 0.6 is 11.6 Å². The van der Waals surface area contributed by atoms with E-state index in [1.807, 2.05) is 0 Å². The number of halogens is 1. The van der Waals surface area contributed by atoms with Crippen molar-refractivity contribution in [1.29, 1.82) is 0 Å². The molecule has 1 aliphatic rings. The molecule has 0 saturated carbocycles. The normalized spacial score (nSPS) is 14.9. The van der Waals surface area contributed by atoms with Gasteiger partial charge in [0.25, 0.3) is 5.91 Å². The fraction of sp³-hybridized carbons (Fsp3) is 0.316. The van der Waals surface area contributed by atoms with Crippen molar-refractivity contribution in [1.82, 2.24) is 4.90 Å². The highest BCUT2D eigenvalue weighted by atomic mass is 35.5. The van der Waals surface area contributed by atoms with Crippen molar-refractivity contribution >= 4 is 33.2 Å². The van der Waals surface area contributed by atoms with E-state index in [1.54, 1.807) is 53.4 Å². The van der Waals surface area contributed by atoms with Gasteiger partial charge in [-0.3, -0.25) is 9.52 Å². The second kappa shape index (κ2) is 8.10. The Bertz CT molecular complexity index is 876. The van der Waals surface area contributed by atoms with Crippen LogP contribution in [0.1, 0.15) is 35.2 Å². The van der Waals surface area contributed by atoms with Gasteiger partial charge in [-0.1, -0.05) is 35.9 Å². The summed E-state index contributed by atoms with van der Waals surface area (Å²) in [4.78, 5) is 14.6. The molecule has 0 aromatic heterocycles. The van der Waals surface area contributed by atoms with Crippen molar-refractivity contribution in [3.8, 4) is 0 Å². The molecule has 0 atom stereocenters. The predicted molar refractivity (Wildman–Crippen MR) is 104 cm³/mol. The van der Waals surface area contributed by atoms with Crippen LogP contribution in [0.4, 0.5) is 5.69 Å². The number of likely N-dealkylation sites (tertiary alicyclic amines) is 1. The fourth-order valence-electron chi connectivity index (χ4n) is 3.03. The topological polar surface area (TPSA) is 66.5 Å². The van der Waals surface area contributed by atoms with E-state index in [9.17, 15) is 13.2 Å². The first-order valence-corrected chi connectivity index (χ1v) is 10.6. The monoisotopic (exact) mass is 392 g/mol. The number of hydrogen-bond acceptors (Lipinski definition) is 3. The van der Waals surface area contributed by atoms with E-state index in [0.29, 0.717) is 34.9 Å². The van der Waals surface area contributed by atoms with Crippen LogP contribution in [0.2, 0.25) is 5.02 Å². The highest BCUT2D eigenvalue weighted by Crippen LogP contribution is 2.22. The van der Waals surface area contributed by atoms with Crippen LogP contribution in [-0.2, 0) is 15.8 Å². The van der Waals surface area contributed by atoms with E-state index in [4.69, 9.17) is 11.6 Å². The maximum atomic E-state index is 12.8. The van der Waals surface area contributed by atoms with Crippen LogP contribution in [0.25, 0.3) is 0 Å². The van der Waals surface area contributed by atoms with Gasteiger partial charge >= 0.3 is 0 Å². The number of hydrogen-bond donors (Lipinski definition) is 1. The van der Waals surface area contributed by atoms with Crippen molar-refractivity contribution in [3.63, 3.8) is 0 Å². The highest BCUT2D eigenvalue weighted by Gasteiger charge is 2.22. The van der Waals surface area contributed by atoms with Gasteiger partial charge in [0.15, 0.2) is 0 Å². The molecule has 7 heteroatoms. The Kier molecular flexibility index (Phi) is 5.84. The molecule has 1 aliphatic heterocycles. The highest BCUT2D eigenvalue weighted by molar-refractivity contribution is 7.91. The minimum atomic E-state index is -3.65. The van der Waals surface area contributed by atoms with Crippen LogP contribution in [0.15, 0.2) is 48.5 Å². The zero-order valence-corrected chi connectivity index (χ0v) is 15.9. The summed E-state index contributed by atoms with van der Waals surface area (Å²) in [7, 11) is -3.65. The molecule has 1 fully saturated rings. The third-order valence-corrected chi connectivity index (χ3v) is 5.83. The van der Waals surface area contributed by atoms with Gasteiger partial charge in [0.1, 0.15) is 0 Å². The van der Waals surface area contributed by atoms with Gasteiger partial charge in [-0.25, -0.2) is 8.42 Å². The number of benzene rings is 2. The van der Waals surface area contributed by atoms with Gasteiger partial charge in [-0.2, -0.15) is 0 Å². The summed E-state index contributed by atoms with van der Waals surface area (Å²) in [6.07, 6.45) is 3.09.